The topological polar surface area (TPSA) is 94.7 Å². The summed E-state index contributed by atoms with van der Waals surface area (Å²) in [6, 6.07) is 15.4. The van der Waals surface area contributed by atoms with Gasteiger partial charge in [0.2, 0.25) is 5.91 Å². The summed E-state index contributed by atoms with van der Waals surface area (Å²) in [5.41, 5.74) is 1.74. The summed E-state index contributed by atoms with van der Waals surface area (Å²) in [6.07, 6.45) is 0. The van der Waals surface area contributed by atoms with Crippen LogP contribution in [-0.4, -0.2) is 36.0 Å². The Kier molecular flexibility index (Phi) is 5.30. The van der Waals surface area contributed by atoms with Gasteiger partial charge in [-0.05, 0) is 24.3 Å². The second kappa shape index (κ2) is 8.25. The van der Waals surface area contributed by atoms with Gasteiger partial charge in [0, 0.05) is 7.05 Å². The van der Waals surface area contributed by atoms with Gasteiger partial charge < -0.3 is 9.88 Å². The number of carbonyl (C=O) groups excluding carboxylic acids is 1. The Bertz CT molecular complexity index is 1430. The number of rotatable bonds is 6. The first kappa shape index (κ1) is 19.9. The molecule has 3 aromatic heterocycles. The smallest absolute Gasteiger partial charge is 0.308 e. The van der Waals surface area contributed by atoms with Crippen molar-refractivity contribution in [1.82, 2.24) is 24.3 Å². The number of nitrogens with zero attached hydrogens (tertiary/aromatic N) is 5. The van der Waals surface area contributed by atoms with Gasteiger partial charge in [-0.3, -0.25) is 14.2 Å². The summed E-state index contributed by atoms with van der Waals surface area (Å²) >= 11 is 3.95. The van der Waals surface area contributed by atoms with E-state index >= 15 is 0 Å². The van der Waals surface area contributed by atoms with Gasteiger partial charge in [0.1, 0.15) is 0 Å². The minimum Gasteiger partial charge on any atom is -0.308 e. The molecule has 5 aromatic rings. The number of hydrogen-bond acceptors (Lipinski definition) is 8. The first-order chi connectivity index (χ1) is 15.1. The number of aromatic nitrogens is 5. The van der Waals surface area contributed by atoms with Gasteiger partial charge in [-0.15, -0.1) is 10.2 Å². The van der Waals surface area contributed by atoms with E-state index in [0.29, 0.717) is 22.7 Å². The lowest BCUT2D eigenvalue weighted by Gasteiger charge is -2.05. The van der Waals surface area contributed by atoms with E-state index in [-0.39, 0.29) is 16.5 Å². The fraction of sp³-hybridized carbons (Fsp3) is 0.150. The molecule has 1 amide bonds. The minimum atomic E-state index is -0.159. The van der Waals surface area contributed by atoms with E-state index < -0.39 is 0 Å². The Morgan fingerprint density at radius 1 is 1.06 bits per heavy atom. The summed E-state index contributed by atoms with van der Waals surface area (Å²) in [5.74, 6) is 0.678. The summed E-state index contributed by atoms with van der Waals surface area (Å²) < 4.78 is 5.47. The molecule has 0 saturated carbocycles. The molecule has 2 aromatic carbocycles. The quantitative estimate of drug-likeness (QED) is 0.383. The molecular weight excluding hydrogens is 452 g/mol. The zero-order valence-electron chi connectivity index (χ0n) is 16.3. The van der Waals surface area contributed by atoms with Crippen molar-refractivity contribution < 1.29 is 4.79 Å². The largest absolute Gasteiger partial charge is 0.308 e. The van der Waals surface area contributed by atoms with Gasteiger partial charge in [0.05, 0.1) is 32.7 Å². The molecule has 0 fully saturated rings. The Morgan fingerprint density at radius 2 is 1.84 bits per heavy atom. The van der Waals surface area contributed by atoms with Crippen molar-refractivity contribution in [3.05, 3.63) is 64.0 Å². The molecule has 0 unspecified atom stereocenters. The molecule has 8 nitrogen and oxygen atoms in total. The number of anilines is 1. The Balaban J connectivity index is 1.26. The maximum atomic E-state index is 12.4. The van der Waals surface area contributed by atoms with Crippen LogP contribution in [0.1, 0.15) is 5.82 Å². The molecule has 3 heterocycles. The molecule has 0 aliphatic rings. The molecule has 156 valence electrons. The lowest BCUT2D eigenvalue weighted by atomic mass is 10.3. The highest BCUT2D eigenvalue weighted by molar-refractivity contribution is 7.99. The van der Waals surface area contributed by atoms with Gasteiger partial charge in [-0.2, -0.15) is 0 Å². The van der Waals surface area contributed by atoms with Gasteiger partial charge in [-0.25, -0.2) is 4.98 Å². The monoisotopic (exact) mass is 468 g/mol. The van der Waals surface area contributed by atoms with Crippen LogP contribution in [0, 0.1) is 0 Å². The molecule has 0 aliphatic carbocycles. The normalized spacial score (nSPS) is 11.4. The van der Waals surface area contributed by atoms with E-state index in [9.17, 15) is 9.59 Å². The highest BCUT2D eigenvalue weighted by Gasteiger charge is 2.15. The van der Waals surface area contributed by atoms with E-state index in [2.05, 4.69) is 20.5 Å². The van der Waals surface area contributed by atoms with Gasteiger partial charge in [0.15, 0.2) is 16.1 Å². The number of para-hydroxylation sites is 2. The molecule has 11 heteroatoms. The Hall–Kier alpha value is -3.02. The van der Waals surface area contributed by atoms with Crippen LogP contribution in [0.3, 0.4) is 0 Å². The molecule has 0 saturated heterocycles. The van der Waals surface area contributed by atoms with Crippen molar-refractivity contribution in [2.45, 2.75) is 11.7 Å². The highest BCUT2D eigenvalue weighted by Crippen LogP contribution is 2.26. The number of nitrogens with one attached hydrogen (secondary N) is 1. The Morgan fingerprint density at radius 3 is 2.68 bits per heavy atom. The highest BCUT2D eigenvalue weighted by atomic mass is 32.2. The standard InChI is InChI=1S/C20H16N6O2S3/c1-25-16(10-26-13-7-3-5-9-15(13)31-20(26)28)23-24-19(25)29-11-17(27)22-18-21-12-6-2-4-8-14(12)30-18/h2-9H,10-11H2,1H3,(H,21,22,27). The van der Waals surface area contributed by atoms with Crippen LogP contribution < -0.4 is 10.2 Å². The average molecular weight is 469 g/mol. The Labute approximate surface area is 188 Å². The van der Waals surface area contributed by atoms with Crippen molar-refractivity contribution in [2.75, 3.05) is 11.1 Å². The van der Waals surface area contributed by atoms with Crippen LogP contribution in [0.15, 0.2) is 58.5 Å². The summed E-state index contributed by atoms with van der Waals surface area (Å²) in [7, 11) is 1.84. The first-order valence-corrected chi connectivity index (χ1v) is 12.0. The van der Waals surface area contributed by atoms with Crippen LogP contribution in [0.5, 0.6) is 0 Å². The fourth-order valence-electron chi connectivity index (χ4n) is 3.12. The van der Waals surface area contributed by atoms with Crippen LogP contribution in [-0.2, 0) is 18.4 Å². The summed E-state index contributed by atoms with van der Waals surface area (Å²) in [5, 5.41) is 12.4. The average Bonchev–Trinajstić information content (AvgIpc) is 3.42. The van der Waals surface area contributed by atoms with Crippen molar-refractivity contribution >= 4 is 65.9 Å². The van der Waals surface area contributed by atoms with E-state index in [0.717, 1.165) is 20.4 Å². The minimum absolute atomic E-state index is 0.0337. The predicted molar refractivity (Wildman–Crippen MR) is 125 cm³/mol. The fourth-order valence-corrected chi connectivity index (χ4v) is 5.63. The molecule has 0 atom stereocenters. The molecule has 0 aliphatic heterocycles. The number of carbonyl (C=O) groups is 1. The van der Waals surface area contributed by atoms with Crippen LogP contribution in [0.4, 0.5) is 5.13 Å². The molecule has 5 rings (SSSR count). The number of thioether (sulfide) groups is 1. The molecule has 0 bridgehead atoms. The maximum absolute atomic E-state index is 12.4. The molecule has 0 radical (unpaired) electrons. The second-order valence-corrected chi connectivity index (χ2v) is 9.67. The zero-order valence-corrected chi connectivity index (χ0v) is 18.8. The van der Waals surface area contributed by atoms with Crippen molar-refractivity contribution in [3.63, 3.8) is 0 Å². The molecule has 1 N–H and O–H groups in total. The number of fused-ring (bicyclic) bond motifs is 2. The van der Waals surface area contributed by atoms with E-state index in [4.69, 9.17) is 0 Å². The van der Waals surface area contributed by atoms with E-state index in [1.807, 2.05) is 60.1 Å². The van der Waals surface area contributed by atoms with Crippen molar-refractivity contribution in [1.29, 1.82) is 0 Å². The number of thiazole rings is 2. The van der Waals surface area contributed by atoms with Crippen LogP contribution in [0.2, 0.25) is 0 Å². The molecule has 0 spiro atoms. The molecular formula is C20H16N6O2S3. The second-order valence-electron chi connectivity index (χ2n) is 6.70. The lowest BCUT2D eigenvalue weighted by Crippen LogP contribution is -2.16. The van der Waals surface area contributed by atoms with Crippen molar-refractivity contribution in [3.8, 4) is 0 Å². The van der Waals surface area contributed by atoms with E-state index in [1.54, 1.807) is 4.57 Å². The van der Waals surface area contributed by atoms with E-state index in [1.165, 1.54) is 34.4 Å². The SMILES string of the molecule is Cn1c(Cn2c(=O)sc3ccccc32)nnc1SCC(=O)Nc1nc2ccccc2s1. The summed E-state index contributed by atoms with van der Waals surface area (Å²) in [6.45, 7) is 0.324. The van der Waals surface area contributed by atoms with Gasteiger partial charge >= 0.3 is 4.87 Å². The van der Waals surface area contributed by atoms with Crippen LogP contribution in [0.25, 0.3) is 20.4 Å². The number of amides is 1. The van der Waals surface area contributed by atoms with Crippen LogP contribution >= 0.6 is 34.4 Å². The lowest BCUT2D eigenvalue weighted by molar-refractivity contribution is -0.113. The maximum Gasteiger partial charge on any atom is 0.308 e. The molecule has 31 heavy (non-hydrogen) atoms. The van der Waals surface area contributed by atoms with Crippen molar-refractivity contribution in [2.24, 2.45) is 7.05 Å². The predicted octanol–water partition coefficient (Wildman–Crippen LogP) is 3.58. The third kappa shape index (κ3) is 3.99. The third-order valence-corrected chi connectivity index (χ3v) is 7.60. The first-order valence-electron chi connectivity index (χ1n) is 9.33. The number of benzene rings is 2. The summed E-state index contributed by atoms with van der Waals surface area (Å²) in [4.78, 5) is 29.1. The zero-order chi connectivity index (χ0) is 21.4. The number of hydrogen-bond donors (Lipinski definition) is 1. The third-order valence-electron chi connectivity index (χ3n) is 4.67. The van der Waals surface area contributed by atoms with Gasteiger partial charge in [0.25, 0.3) is 0 Å². The van der Waals surface area contributed by atoms with Gasteiger partial charge in [-0.1, -0.05) is 58.7 Å².